The number of hydrogen-bond acceptors (Lipinski definition) is 4. The Kier molecular flexibility index (Phi) is 5.18. The minimum atomic E-state index is -0.335. The zero-order valence-electron chi connectivity index (χ0n) is 16.5. The smallest absolute Gasteiger partial charge is 0.337 e. The first-order valence-electron chi connectivity index (χ1n) is 9.91. The average Bonchev–Trinajstić information content (AvgIpc) is 3.19. The summed E-state index contributed by atoms with van der Waals surface area (Å²) in [5, 5.41) is 0. The SMILES string of the molecule is COC(=O)c1ccc(CN2CCN(c3ccc4c(c3)CCC4)C(=O)C2C)cc1. The van der Waals surface area contributed by atoms with Crippen LogP contribution in [0.3, 0.4) is 0 Å². The van der Waals surface area contributed by atoms with E-state index in [9.17, 15) is 9.59 Å². The lowest BCUT2D eigenvalue weighted by Gasteiger charge is -2.39. The normalized spacial score (nSPS) is 19.6. The van der Waals surface area contributed by atoms with Gasteiger partial charge < -0.3 is 9.64 Å². The fourth-order valence-electron chi connectivity index (χ4n) is 4.21. The van der Waals surface area contributed by atoms with Crippen molar-refractivity contribution in [2.75, 3.05) is 25.1 Å². The molecule has 0 N–H and O–H groups in total. The number of hydrogen-bond donors (Lipinski definition) is 0. The summed E-state index contributed by atoms with van der Waals surface area (Å²) in [6.45, 7) is 4.18. The van der Waals surface area contributed by atoms with Gasteiger partial charge in [-0.1, -0.05) is 18.2 Å². The average molecular weight is 378 g/mol. The molecule has 0 saturated carbocycles. The van der Waals surface area contributed by atoms with E-state index in [1.165, 1.54) is 24.7 Å². The molecule has 28 heavy (non-hydrogen) atoms. The van der Waals surface area contributed by atoms with Crippen LogP contribution < -0.4 is 4.90 Å². The summed E-state index contributed by atoms with van der Waals surface area (Å²) in [5.74, 6) is -0.187. The van der Waals surface area contributed by atoms with Gasteiger partial charge in [0.1, 0.15) is 0 Å². The molecule has 0 aromatic heterocycles. The van der Waals surface area contributed by atoms with Gasteiger partial charge >= 0.3 is 5.97 Å². The highest BCUT2D eigenvalue weighted by molar-refractivity contribution is 5.97. The Morgan fingerprint density at radius 1 is 1.07 bits per heavy atom. The zero-order valence-corrected chi connectivity index (χ0v) is 16.5. The van der Waals surface area contributed by atoms with Crippen molar-refractivity contribution in [3.63, 3.8) is 0 Å². The van der Waals surface area contributed by atoms with Crippen molar-refractivity contribution in [1.29, 1.82) is 0 Å². The molecule has 1 unspecified atom stereocenters. The molecule has 1 aliphatic heterocycles. The van der Waals surface area contributed by atoms with Crippen LogP contribution in [0.1, 0.15) is 40.4 Å². The molecular formula is C23H26N2O3. The molecule has 0 radical (unpaired) electrons. The van der Waals surface area contributed by atoms with Crippen molar-refractivity contribution in [2.24, 2.45) is 0 Å². The van der Waals surface area contributed by atoms with E-state index in [1.807, 2.05) is 24.0 Å². The number of fused-ring (bicyclic) bond motifs is 1. The fraction of sp³-hybridized carbons (Fsp3) is 0.391. The van der Waals surface area contributed by atoms with Crippen LogP contribution in [0.5, 0.6) is 0 Å². The molecule has 0 bridgehead atoms. The number of anilines is 1. The number of methoxy groups -OCH3 is 1. The maximum Gasteiger partial charge on any atom is 0.337 e. The first-order chi connectivity index (χ1) is 13.6. The van der Waals surface area contributed by atoms with Gasteiger partial charge in [0.2, 0.25) is 5.91 Å². The van der Waals surface area contributed by atoms with Crippen molar-refractivity contribution >= 4 is 17.6 Å². The Bertz CT molecular complexity index is 891. The van der Waals surface area contributed by atoms with Crippen LogP contribution in [0.15, 0.2) is 42.5 Å². The molecule has 1 heterocycles. The lowest BCUT2D eigenvalue weighted by Crippen LogP contribution is -2.55. The largest absolute Gasteiger partial charge is 0.465 e. The number of piperazine rings is 1. The summed E-state index contributed by atoms with van der Waals surface area (Å²) in [4.78, 5) is 28.7. The van der Waals surface area contributed by atoms with Crippen molar-refractivity contribution < 1.29 is 14.3 Å². The Hall–Kier alpha value is -2.66. The molecule has 0 spiro atoms. The number of esters is 1. The van der Waals surface area contributed by atoms with Crippen molar-refractivity contribution in [1.82, 2.24) is 4.90 Å². The third-order valence-corrected chi connectivity index (χ3v) is 5.94. The van der Waals surface area contributed by atoms with Crippen LogP contribution in [-0.2, 0) is 28.9 Å². The van der Waals surface area contributed by atoms with Gasteiger partial charge in [-0.05, 0) is 67.1 Å². The second-order valence-corrected chi connectivity index (χ2v) is 7.63. The molecule has 5 nitrogen and oxygen atoms in total. The second kappa shape index (κ2) is 7.76. The summed E-state index contributed by atoms with van der Waals surface area (Å²) in [6, 6.07) is 13.7. The highest BCUT2D eigenvalue weighted by Gasteiger charge is 2.32. The number of carbonyl (C=O) groups is 2. The number of amides is 1. The van der Waals surface area contributed by atoms with E-state index in [2.05, 4.69) is 23.1 Å². The van der Waals surface area contributed by atoms with Gasteiger partial charge in [0.15, 0.2) is 0 Å². The number of ether oxygens (including phenoxy) is 1. The first-order valence-corrected chi connectivity index (χ1v) is 9.91. The lowest BCUT2D eigenvalue weighted by molar-refractivity contribution is -0.125. The molecule has 146 valence electrons. The molecule has 4 rings (SSSR count). The minimum absolute atomic E-state index is 0.148. The molecule has 5 heteroatoms. The fourth-order valence-corrected chi connectivity index (χ4v) is 4.21. The van der Waals surface area contributed by atoms with Crippen molar-refractivity contribution in [2.45, 2.75) is 38.8 Å². The molecule has 1 fully saturated rings. The van der Waals surface area contributed by atoms with Gasteiger partial charge in [-0.2, -0.15) is 0 Å². The zero-order chi connectivity index (χ0) is 19.7. The summed E-state index contributed by atoms with van der Waals surface area (Å²) in [5.41, 5.74) is 5.47. The van der Waals surface area contributed by atoms with Gasteiger partial charge in [-0.25, -0.2) is 4.79 Å². The number of rotatable bonds is 4. The third kappa shape index (κ3) is 3.54. The number of benzene rings is 2. The predicted molar refractivity (Wildman–Crippen MR) is 108 cm³/mol. The van der Waals surface area contributed by atoms with E-state index >= 15 is 0 Å². The summed E-state index contributed by atoms with van der Waals surface area (Å²) >= 11 is 0. The summed E-state index contributed by atoms with van der Waals surface area (Å²) in [6.07, 6.45) is 3.49. The maximum atomic E-state index is 13.0. The van der Waals surface area contributed by atoms with Crippen LogP contribution in [0, 0.1) is 0 Å². The lowest BCUT2D eigenvalue weighted by atomic mass is 10.1. The molecule has 2 aliphatic rings. The number of aryl methyl sites for hydroxylation is 2. The van der Waals surface area contributed by atoms with Crippen molar-refractivity contribution in [3.8, 4) is 0 Å². The quantitative estimate of drug-likeness (QED) is 0.767. The Morgan fingerprint density at radius 2 is 1.82 bits per heavy atom. The summed E-state index contributed by atoms with van der Waals surface area (Å²) < 4.78 is 4.74. The van der Waals surface area contributed by atoms with Crippen LogP contribution in [0.25, 0.3) is 0 Å². The van der Waals surface area contributed by atoms with Gasteiger partial charge in [0.05, 0.1) is 18.7 Å². The Morgan fingerprint density at radius 3 is 2.57 bits per heavy atom. The van der Waals surface area contributed by atoms with E-state index in [0.29, 0.717) is 18.7 Å². The Balaban J connectivity index is 1.44. The number of nitrogens with zero attached hydrogens (tertiary/aromatic N) is 2. The highest BCUT2D eigenvalue weighted by Crippen LogP contribution is 2.29. The van der Waals surface area contributed by atoms with Crippen LogP contribution in [0.4, 0.5) is 5.69 Å². The molecule has 2 aromatic rings. The Labute approximate surface area is 165 Å². The van der Waals surface area contributed by atoms with E-state index in [-0.39, 0.29) is 17.9 Å². The van der Waals surface area contributed by atoms with Crippen LogP contribution in [-0.4, -0.2) is 43.0 Å². The van der Waals surface area contributed by atoms with E-state index in [4.69, 9.17) is 4.74 Å². The molecule has 1 saturated heterocycles. The van der Waals surface area contributed by atoms with Crippen LogP contribution in [0.2, 0.25) is 0 Å². The molecule has 1 amide bonds. The van der Waals surface area contributed by atoms with Crippen LogP contribution >= 0.6 is 0 Å². The van der Waals surface area contributed by atoms with Crippen molar-refractivity contribution in [3.05, 3.63) is 64.7 Å². The molecule has 2 aromatic carbocycles. The standard InChI is InChI=1S/C23H26N2O3/c1-16-22(26)25(21-11-10-18-4-3-5-20(18)14-21)13-12-24(16)15-17-6-8-19(9-7-17)23(27)28-2/h6-11,14,16H,3-5,12-13,15H2,1-2H3. The van der Waals surface area contributed by atoms with E-state index in [0.717, 1.165) is 30.6 Å². The highest BCUT2D eigenvalue weighted by atomic mass is 16.5. The van der Waals surface area contributed by atoms with Gasteiger partial charge in [0.25, 0.3) is 0 Å². The first kappa shape index (κ1) is 18.7. The van der Waals surface area contributed by atoms with E-state index < -0.39 is 0 Å². The predicted octanol–water partition coefficient (Wildman–Crippen LogP) is 3.20. The molecular weight excluding hydrogens is 352 g/mol. The topological polar surface area (TPSA) is 49.9 Å². The van der Waals surface area contributed by atoms with Gasteiger partial charge in [-0.3, -0.25) is 9.69 Å². The van der Waals surface area contributed by atoms with Gasteiger partial charge in [-0.15, -0.1) is 0 Å². The molecule has 1 aliphatic carbocycles. The maximum absolute atomic E-state index is 13.0. The second-order valence-electron chi connectivity index (χ2n) is 7.63. The minimum Gasteiger partial charge on any atom is -0.465 e. The summed E-state index contributed by atoms with van der Waals surface area (Å²) in [7, 11) is 1.38. The molecule has 1 atom stereocenters. The monoisotopic (exact) mass is 378 g/mol. The number of carbonyl (C=O) groups excluding carboxylic acids is 2. The third-order valence-electron chi connectivity index (χ3n) is 5.94. The van der Waals surface area contributed by atoms with E-state index in [1.54, 1.807) is 12.1 Å². The van der Waals surface area contributed by atoms with Gasteiger partial charge in [0, 0.05) is 25.3 Å².